The van der Waals surface area contributed by atoms with Crippen LogP contribution in [0.2, 0.25) is 0 Å². The molecule has 30 heavy (non-hydrogen) atoms. The minimum absolute atomic E-state index is 0. The van der Waals surface area contributed by atoms with E-state index < -0.39 is 10.0 Å². The van der Waals surface area contributed by atoms with Crippen molar-refractivity contribution in [3.63, 3.8) is 0 Å². The summed E-state index contributed by atoms with van der Waals surface area (Å²) >= 11 is 1.72. The molecule has 3 heterocycles. The summed E-state index contributed by atoms with van der Waals surface area (Å²) < 4.78 is 31.4. The van der Waals surface area contributed by atoms with Crippen LogP contribution in [-0.2, 0) is 28.7 Å². The van der Waals surface area contributed by atoms with Gasteiger partial charge in [-0.2, -0.15) is 4.31 Å². The minimum atomic E-state index is -3.41. The van der Waals surface area contributed by atoms with E-state index in [1.165, 1.54) is 10.6 Å². The molecule has 0 amide bonds. The average Bonchev–Trinajstić information content (AvgIpc) is 3.34. The maximum atomic E-state index is 12.6. The van der Waals surface area contributed by atoms with Gasteiger partial charge in [-0.15, -0.1) is 35.3 Å². The number of halogens is 1. The number of nitrogens with one attached hydrogen (secondary N) is 1. The fraction of sp³-hybridized carbons (Fsp3) is 0.611. The van der Waals surface area contributed by atoms with E-state index in [2.05, 4.69) is 39.2 Å². The number of aromatic nitrogens is 2. The Bertz CT molecular complexity index is 906. The summed E-state index contributed by atoms with van der Waals surface area (Å²) in [4.78, 5) is 12.1. The van der Waals surface area contributed by atoms with Gasteiger partial charge in [-0.25, -0.2) is 13.4 Å². The molecule has 0 aromatic carbocycles. The highest BCUT2D eigenvalue weighted by molar-refractivity contribution is 14.0. The quantitative estimate of drug-likeness (QED) is 0.310. The van der Waals surface area contributed by atoms with Crippen LogP contribution in [0.15, 0.2) is 28.0 Å². The maximum Gasteiger partial charge on any atom is 0.220 e. The van der Waals surface area contributed by atoms with E-state index in [0.29, 0.717) is 44.3 Å². The molecule has 3 rings (SSSR count). The molecule has 0 atom stereocenters. The van der Waals surface area contributed by atoms with Gasteiger partial charge < -0.3 is 14.7 Å². The van der Waals surface area contributed by atoms with Crippen LogP contribution in [0.1, 0.15) is 29.4 Å². The normalized spacial score (nSPS) is 16.0. The third kappa shape index (κ3) is 6.89. The lowest BCUT2D eigenvalue weighted by atomic mass is 10.1. The molecule has 0 radical (unpaired) electrons. The van der Waals surface area contributed by atoms with Crippen LogP contribution in [0.4, 0.5) is 0 Å². The molecular weight excluding hydrogens is 539 g/mol. The van der Waals surface area contributed by atoms with Crippen LogP contribution < -0.4 is 5.32 Å². The van der Waals surface area contributed by atoms with Gasteiger partial charge in [-0.3, -0.25) is 4.99 Å². The van der Waals surface area contributed by atoms with Crippen molar-refractivity contribution in [3.8, 4) is 0 Å². The van der Waals surface area contributed by atoms with Gasteiger partial charge in [-0.1, -0.05) is 19.0 Å². The Balaban J connectivity index is 0.00000320. The van der Waals surface area contributed by atoms with E-state index in [9.17, 15) is 8.42 Å². The highest BCUT2D eigenvalue weighted by atomic mass is 127. The van der Waals surface area contributed by atoms with Gasteiger partial charge in [0, 0.05) is 56.8 Å². The molecular formula is C18H29IN6O3S2. The first kappa shape index (κ1) is 25.0. The summed E-state index contributed by atoms with van der Waals surface area (Å²) in [5.74, 6) is 1.23. The number of nitrogens with zero attached hydrogens (tertiary/aromatic N) is 5. The summed E-state index contributed by atoms with van der Waals surface area (Å²) in [7, 11) is -1.66. The lowest BCUT2D eigenvalue weighted by Gasteiger charge is -2.35. The van der Waals surface area contributed by atoms with Gasteiger partial charge in [0.05, 0.1) is 17.2 Å². The molecule has 1 aliphatic heterocycles. The van der Waals surface area contributed by atoms with Crippen LogP contribution in [0, 0.1) is 5.92 Å². The zero-order chi connectivity index (χ0) is 20.9. The molecule has 0 unspecified atom stereocenters. The van der Waals surface area contributed by atoms with Gasteiger partial charge >= 0.3 is 0 Å². The number of thiazole rings is 1. The first-order valence-corrected chi connectivity index (χ1v) is 12.1. The van der Waals surface area contributed by atoms with Crippen LogP contribution in [-0.4, -0.2) is 66.9 Å². The van der Waals surface area contributed by atoms with Gasteiger partial charge in [0.15, 0.2) is 5.96 Å². The highest BCUT2D eigenvalue weighted by Gasteiger charge is 2.29. The number of hydrogen-bond donors (Lipinski definition) is 1. The largest absolute Gasteiger partial charge is 0.364 e. The van der Waals surface area contributed by atoms with Crippen LogP contribution in [0.5, 0.6) is 0 Å². The van der Waals surface area contributed by atoms with E-state index >= 15 is 0 Å². The van der Waals surface area contributed by atoms with Crippen molar-refractivity contribution in [2.45, 2.75) is 32.6 Å². The van der Waals surface area contributed by atoms with E-state index in [1.807, 2.05) is 6.20 Å². The first-order chi connectivity index (χ1) is 13.9. The van der Waals surface area contributed by atoms with E-state index in [4.69, 9.17) is 4.52 Å². The smallest absolute Gasteiger partial charge is 0.220 e. The number of rotatable bonds is 7. The van der Waals surface area contributed by atoms with Gasteiger partial charge in [0.25, 0.3) is 0 Å². The summed E-state index contributed by atoms with van der Waals surface area (Å²) in [6.07, 6.45) is 4.29. The number of aliphatic imine (C=N–C) groups is 1. The van der Waals surface area contributed by atoms with E-state index in [0.717, 1.165) is 22.3 Å². The van der Waals surface area contributed by atoms with Crippen molar-refractivity contribution >= 4 is 51.3 Å². The Kier molecular flexibility index (Phi) is 9.50. The van der Waals surface area contributed by atoms with Crippen molar-refractivity contribution in [2.24, 2.45) is 10.9 Å². The van der Waals surface area contributed by atoms with Crippen LogP contribution >= 0.6 is 35.3 Å². The first-order valence-electron chi connectivity index (χ1n) is 9.63. The zero-order valence-corrected chi connectivity index (χ0v) is 21.4. The third-order valence-corrected chi connectivity index (χ3v) is 7.40. The van der Waals surface area contributed by atoms with Crippen LogP contribution in [0.25, 0.3) is 0 Å². The summed E-state index contributed by atoms with van der Waals surface area (Å²) in [6, 6.07) is 1.57. The molecule has 1 fully saturated rings. The lowest BCUT2D eigenvalue weighted by molar-refractivity contribution is 0.260. The predicted octanol–water partition coefficient (Wildman–Crippen LogP) is 2.17. The SMILES string of the molecule is CN=C(NCc1cnc(CC(C)C)s1)N1CCN(S(=O)(=O)Cc2ccon2)CC1.I. The Labute approximate surface area is 199 Å². The predicted molar refractivity (Wildman–Crippen MR) is 129 cm³/mol. The molecule has 9 nitrogen and oxygen atoms in total. The fourth-order valence-electron chi connectivity index (χ4n) is 3.14. The standard InChI is InChI=1S/C18H28N6O3S2.HI/c1-14(2)10-17-20-11-16(28-17)12-21-18(19-3)23-5-7-24(8-6-23)29(25,26)13-15-4-9-27-22-15;/h4,9,11,14H,5-8,10,12-13H2,1-3H3,(H,19,21);1H. The second-order valence-electron chi connectivity index (χ2n) is 7.35. The molecule has 0 bridgehead atoms. The monoisotopic (exact) mass is 568 g/mol. The maximum absolute atomic E-state index is 12.6. The molecule has 2 aromatic heterocycles. The van der Waals surface area contributed by atoms with Crippen molar-refractivity contribution in [3.05, 3.63) is 34.1 Å². The molecule has 0 saturated carbocycles. The van der Waals surface area contributed by atoms with Crippen molar-refractivity contribution < 1.29 is 12.9 Å². The minimum Gasteiger partial charge on any atom is -0.364 e. The Hall–Kier alpha value is -1.25. The van der Waals surface area contributed by atoms with Gasteiger partial charge in [-0.05, 0) is 5.92 Å². The molecule has 1 aliphatic rings. The number of piperazine rings is 1. The Morgan fingerprint density at radius 1 is 1.33 bits per heavy atom. The lowest BCUT2D eigenvalue weighted by Crippen LogP contribution is -2.53. The topological polar surface area (TPSA) is 104 Å². The van der Waals surface area contributed by atoms with Gasteiger partial charge in [0.1, 0.15) is 12.0 Å². The molecule has 12 heteroatoms. The Morgan fingerprint density at radius 2 is 2.07 bits per heavy atom. The summed E-state index contributed by atoms with van der Waals surface area (Å²) in [5, 5.41) is 8.22. The van der Waals surface area contributed by atoms with Crippen LogP contribution in [0.3, 0.4) is 0 Å². The number of hydrogen-bond acceptors (Lipinski definition) is 7. The van der Waals surface area contributed by atoms with Crippen molar-refractivity contribution in [2.75, 3.05) is 33.2 Å². The van der Waals surface area contributed by atoms with Crippen molar-refractivity contribution in [1.82, 2.24) is 24.7 Å². The summed E-state index contributed by atoms with van der Waals surface area (Å²) in [6.45, 7) is 7.03. The number of sulfonamides is 1. The molecule has 1 N–H and O–H groups in total. The highest BCUT2D eigenvalue weighted by Crippen LogP contribution is 2.17. The third-order valence-electron chi connectivity index (χ3n) is 4.57. The second-order valence-corrected chi connectivity index (χ2v) is 10.5. The molecule has 0 spiro atoms. The van der Waals surface area contributed by atoms with E-state index in [-0.39, 0.29) is 29.7 Å². The summed E-state index contributed by atoms with van der Waals surface area (Å²) in [5.41, 5.74) is 0.422. The molecule has 168 valence electrons. The molecule has 0 aliphatic carbocycles. The molecule has 2 aromatic rings. The fourth-order valence-corrected chi connectivity index (χ4v) is 5.64. The van der Waals surface area contributed by atoms with E-state index in [1.54, 1.807) is 24.5 Å². The van der Waals surface area contributed by atoms with Crippen molar-refractivity contribution in [1.29, 1.82) is 0 Å². The zero-order valence-electron chi connectivity index (χ0n) is 17.4. The average molecular weight is 569 g/mol. The number of guanidine groups is 1. The van der Waals surface area contributed by atoms with Gasteiger partial charge in [0.2, 0.25) is 10.0 Å². The second kappa shape index (κ2) is 11.4. The Morgan fingerprint density at radius 3 is 2.67 bits per heavy atom. The molecule has 1 saturated heterocycles.